The standard InChI is InChI=1S/C5H9ClN6/c6-4-5(8)11-3(7)1-12(4)2-10-9/h2H,1,8-9H2,(H2,7,11). The minimum Gasteiger partial charge on any atom is -0.386 e. The van der Waals surface area contributed by atoms with Gasteiger partial charge in [0.2, 0.25) is 0 Å². The summed E-state index contributed by atoms with van der Waals surface area (Å²) >= 11 is 5.75. The highest BCUT2D eigenvalue weighted by Gasteiger charge is 2.15. The lowest BCUT2D eigenvalue weighted by molar-refractivity contribution is 0.613. The fourth-order valence-corrected chi connectivity index (χ4v) is 0.945. The molecule has 1 rings (SSSR count). The van der Waals surface area contributed by atoms with Crippen LogP contribution >= 0.6 is 11.6 Å². The van der Waals surface area contributed by atoms with Crippen molar-refractivity contribution in [1.82, 2.24) is 4.90 Å². The zero-order valence-electron chi connectivity index (χ0n) is 6.24. The van der Waals surface area contributed by atoms with E-state index in [1.165, 1.54) is 11.2 Å². The molecule has 7 heteroatoms. The molecular formula is C5H9ClN6. The minimum absolute atomic E-state index is 0.167. The van der Waals surface area contributed by atoms with Gasteiger partial charge in [-0.1, -0.05) is 11.6 Å². The summed E-state index contributed by atoms with van der Waals surface area (Å²) in [6, 6.07) is 0. The summed E-state index contributed by atoms with van der Waals surface area (Å²) in [5.41, 5.74) is 10.9. The third-order valence-corrected chi connectivity index (χ3v) is 1.68. The molecule has 0 aromatic rings. The van der Waals surface area contributed by atoms with E-state index >= 15 is 0 Å². The normalized spacial score (nSPS) is 18.8. The number of nitrogens with two attached hydrogens (primary N) is 3. The third kappa shape index (κ3) is 1.59. The SMILES string of the molecule is NN=CN1CC(N)=NC(N)=C1Cl. The Kier molecular flexibility index (Phi) is 2.39. The quantitative estimate of drug-likeness (QED) is 0.159. The van der Waals surface area contributed by atoms with E-state index in [4.69, 9.17) is 28.9 Å². The van der Waals surface area contributed by atoms with Crippen LogP contribution < -0.4 is 17.3 Å². The highest BCUT2D eigenvalue weighted by atomic mass is 35.5. The van der Waals surface area contributed by atoms with Crippen LogP contribution in [0.2, 0.25) is 0 Å². The maximum absolute atomic E-state index is 5.75. The van der Waals surface area contributed by atoms with Crippen LogP contribution in [-0.2, 0) is 0 Å². The molecule has 6 nitrogen and oxygen atoms in total. The molecule has 0 fully saturated rings. The molecule has 0 radical (unpaired) electrons. The molecule has 0 aliphatic carbocycles. The van der Waals surface area contributed by atoms with Crippen LogP contribution in [0.5, 0.6) is 0 Å². The summed E-state index contributed by atoms with van der Waals surface area (Å²) in [4.78, 5) is 5.27. The molecule has 0 bridgehead atoms. The van der Waals surface area contributed by atoms with Crippen molar-refractivity contribution in [1.29, 1.82) is 0 Å². The summed E-state index contributed by atoms with van der Waals surface area (Å²) in [5.74, 6) is 5.48. The predicted molar refractivity (Wildman–Crippen MR) is 48.1 cm³/mol. The van der Waals surface area contributed by atoms with Gasteiger partial charge in [0.1, 0.15) is 12.2 Å². The van der Waals surface area contributed by atoms with E-state index in [-0.39, 0.29) is 11.0 Å². The number of amidine groups is 1. The third-order valence-electron chi connectivity index (χ3n) is 1.27. The van der Waals surface area contributed by atoms with Crippen LogP contribution in [0.25, 0.3) is 0 Å². The Hall–Kier alpha value is -1.43. The van der Waals surface area contributed by atoms with E-state index in [0.717, 1.165) is 0 Å². The molecule has 0 aromatic heterocycles. The lowest BCUT2D eigenvalue weighted by Gasteiger charge is -2.21. The number of hydrazone groups is 1. The van der Waals surface area contributed by atoms with Gasteiger partial charge in [0.05, 0.1) is 6.54 Å². The molecule has 66 valence electrons. The van der Waals surface area contributed by atoms with E-state index in [9.17, 15) is 0 Å². The first-order chi connectivity index (χ1) is 5.65. The van der Waals surface area contributed by atoms with Gasteiger partial charge in [-0.2, -0.15) is 5.10 Å². The van der Waals surface area contributed by atoms with Gasteiger partial charge in [-0.3, -0.25) is 0 Å². The number of halogens is 1. The number of nitrogens with zero attached hydrogens (tertiary/aromatic N) is 3. The summed E-state index contributed by atoms with van der Waals surface area (Å²) in [5, 5.41) is 3.57. The second-order valence-electron chi connectivity index (χ2n) is 2.17. The molecule has 1 heterocycles. The van der Waals surface area contributed by atoms with Crippen molar-refractivity contribution in [2.75, 3.05) is 6.54 Å². The van der Waals surface area contributed by atoms with Gasteiger partial charge in [-0.15, -0.1) is 0 Å². The highest BCUT2D eigenvalue weighted by molar-refractivity contribution is 6.30. The molecular weight excluding hydrogens is 180 g/mol. The molecule has 6 N–H and O–H groups in total. The fourth-order valence-electron chi connectivity index (χ4n) is 0.799. The molecule has 1 aliphatic rings. The van der Waals surface area contributed by atoms with Crippen molar-refractivity contribution in [3.05, 3.63) is 11.0 Å². The average molecular weight is 189 g/mol. The Morgan fingerprint density at radius 2 is 2.25 bits per heavy atom. The van der Waals surface area contributed by atoms with E-state index in [0.29, 0.717) is 12.4 Å². The summed E-state index contributed by atoms with van der Waals surface area (Å²) in [6.45, 7) is 0.347. The molecule has 0 aromatic carbocycles. The first-order valence-corrected chi connectivity index (χ1v) is 3.51. The van der Waals surface area contributed by atoms with E-state index in [1.54, 1.807) is 0 Å². The van der Waals surface area contributed by atoms with Gasteiger partial charge in [0, 0.05) is 0 Å². The van der Waals surface area contributed by atoms with Crippen LogP contribution in [0, 0.1) is 0 Å². The van der Waals surface area contributed by atoms with Crippen molar-refractivity contribution >= 4 is 23.8 Å². The van der Waals surface area contributed by atoms with Crippen molar-refractivity contribution in [3.63, 3.8) is 0 Å². The van der Waals surface area contributed by atoms with Crippen LogP contribution in [0.3, 0.4) is 0 Å². The first kappa shape index (κ1) is 8.66. The molecule has 0 amide bonds. The summed E-state index contributed by atoms with van der Waals surface area (Å²) < 4.78 is 0. The van der Waals surface area contributed by atoms with Crippen molar-refractivity contribution in [2.24, 2.45) is 27.4 Å². The molecule has 0 saturated heterocycles. The average Bonchev–Trinajstić information content (AvgIpc) is 2.00. The Bertz CT molecular complexity index is 267. The van der Waals surface area contributed by atoms with Crippen LogP contribution in [-0.4, -0.2) is 23.6 Å². The zero-order valence-corrected chi connectivity index (χ0v) is 6.99. The van der Waals surface area contributed by atoms with Crippen molar-refractivity contribution in [3.8, 4) is 0 Å². The minimum atomic E-state index is 0.167. The topological polar surface area (TPSA) is 106 Å². The van der Waals surface area contributed by atoms with E-state index < -0.39 is 0 Å². The smallest absolute Gasteiger partial charge is 0.161 e. The first-order valence-electron chi connectivity index (χ1n) is 3.13. The summed E-state index contributed by atoms with van der Waals surface area (Å²) in [6.07, 6.45) is 1.33. The molecule has 0 unspecified atom stereocenters. The molecule has 12 heavy (non-hydrogen) atoms. The molecule has 0 atom stereocenters. The molecule has 0 saturated carbocycles. The van der Waals surface area contributed by atoms with Gasteiger partial charge >= 0.3 is 0 Å². The predicted octanol–water partition coefficient (Wildman–Crippen LogP) is -1.11. The lowest BCUT2D eigenvalue weighted by Crippen LogP contribution is -2.36. The van der Waals surface area contributed by atoms with Crippen LogP contribution in [0.4, 0.5) is 0 Å². The number of aliphatic imine (C=N–C) groups is 1. The molecule has 1 aliphatic heterocycles. The Balaban J connectivity index is 2.90. The van der Waals surface area contributed by atoms with Gasteiger partial charge in [-0.25, -0.2) is 4.99 Å². The monoisotopic (exact) mass is 188 g/mol. The second kappa shape index (κ2) is 3.31. The second-order valence-corrected chi connectivity index (χ2v) is 2.53. The van der Waals surface area contributed by atoms with E-state index in [1.807, 2.05) is 0 Å². The lowest BCUT2D eigenvalue weighted by atomic mass is 10.4. The fraction of sp³-hybridized carbons (Fsp3) is 0.200. The van der Waals surface area contributed by atoms with Gasteiger partial charge in [0.25, 0.3) is 0 Å². The van der Waals surface area contributed by atoms with E-state index in [2.05, 4.69) is 10.1 Å². The Morgan fingerprint density at radius 3 is 2.83 bits per heavy atom. The van der Waals surface area contributed by atoms with Crippen molar-refractivity contribution in [2.45, 2.75) is 0 Å². The summed E-state index contributed by atoms with van der Waals surface area (Å²) in [7, 11) is 0. The van der Waals surface area contributed by atoms with Gasteiger partial charge in [0.15, 0.2) is 11.0 Å². The van der Waals surface area contributed by atoms with Crippen LogP contribution in [0.1, 0.15) is 0 Å². The number of hydrogen-bond acceptors (Lipinski definition) is 5. The molecule has 0 spiro atoms. The zero-order chi connectivity index (χ0) is 9.14. The number of hydrogen-bond donors (Lipinski definition) is 3. The Labute approximate surface area is 74.3 Å². The highest BCUT2D eigenvalue weighted by Crippen LogP contribution is 2.14. The maximum atomic E-state index is 5.75. The van der Waals surface area contributed by atoms with Crippen molar-refractivity contribution < 1.29 is 0 Å². The van der Waals surface area contributed by atoms with Gasteiger partial charge < -0.3 is 22.2 Å². The maximum Gasteiger partial charge on any atom is 0.161 e. The largest absolute Gasteiger partial charge is 0.386 e. The van der Waals surface area contributed by atoms with Gasteiger partial charge in [-0.05, 0) is 0 Å². The Morgan fingerprint density at radius 1 is 1.58 bits per heavy atom. The van der Waals surface area contributed by atoms with Crippen LogP contribution in [0.15, 0.2) is 21.1 Å². The number of rotatable bonds is 1.